The van der Waals surface area contributed by atoms with Crippen LogP contribution in [0.5, 0.6) is 0 Å². The van der Waals surface area contributed by atoms with Gasteiger partial charge in [0.05, 0.1) is 11.4 Å². The van der Waals surface area contributed by atoms with Crippen molar-refractivity contribution in [3.8, 4) is 11.3 Å². The summed E-state index contributed by atoms with van der Waals surface area (Å²) in [5.41, 5.74) is 5.38. The lowest BCUT2D eigenvalue weighted by atomic mass is 10.1. The van der Waals surface area contributed by atoms with Crippen LogP contribution in [0.1, 0.15) is 22.3 Å². The quantitative estimate of drug-likeness (QED) is 0.417. The number of amides is 1. The molecule has 5 nitrogen and oxygen atoms in total. The first-order chi connectivity index (χ1) is 12.7. The number of hydrogen-bond acceptors (Lipinski definition) is 4. The van der Waals surface area contributed by atoms with Crippen LogP contribution in [-0.2, 0) is 0 Å². The van der Waals surface area contributed by atoms with Gasteiger partial charge in [-0.15, -0.1) is 11.3 Å². The van der Waals surface area contributed by atoms with Crippen molar-refractivity contribution in [3.63, 3.8) is 0 Å². The van der Waals surface area contributed by atoms with E-state index in [4.69, 9.17) is 0 Å². The van der Waals surface area contributed by atoms with Crippen molar-refractivity contribution in [1.82, 2.24) is 15.6 Å². The van der Waals surface area contributed by atoms with E-state index >= 15 is 0 Å². The monoisotopic (exact) mass is 360 g/mol. The summed E-state index contributed by atoms with van der Waals surface area (Å²) in [5.74, 6) is -0.319. The van der Waals surface area contributed by atoms with Gasteiger partial charge in [0.25, 0.3) is 5.91 Å². The number of hydrogen-bond donors (Lipinski definition) is 2. The van der Waals surface area contributed by atoms with E-state index in [0.29, 0.717) is 5.69 Å². The Hall–Kier alpha value is -3.25. The van der Waals surface area contributed by atoms with Crippen molar-refractivity contribution < 1.29 is 4.79 Å². The molecular formula is C20H16N4OS. The van der Waals surface area contributed by atoms with Crippen molar-refractivity contribution in [3.05, 3.63) is 76.6 Å². The number of aromatic nitrogens is 2. The number of H-pyrrole nitrogens is 1. The Labute approximate surface area is 154 Å². The Balaban J connectivity index is 1.53. The third-order valence-electron chi connectivity index (χ3n) is 4.07. The van der Waals surface area contributed by atoms with Gasteiger partial charge in [-0.3, -0.25) is 9.89 Å². The molecule has 0 aliphatic carbocycles. The number of hydrazone groups is 1. The third-order valence-corrected chi connectivity index (χ3v) is 5.05. The fourth-order valence-corrected chi connectivity index (χ4v) is 3.35. The molecule has 4 rings (SSSR count). The first-order valence-electron chi connectivity index (χ1n) is 8.14. The van der Waals surface area contributed by atoms with Gasteiger partial charge in [0.2, 0.25) is 0 Å². The van der Waals surface area contributed by atoms with Gasteiger partial charge in [0.1, 0.15) is 5.69 Å². The number of benzene rings is 2. The second kappa shape index (κ2) is 6.93. The summed E-state index contributed by atoms with van der Waals surface area (Å²) in [6, 6.07) is 19.9. The molecule has 0 radical (unpaired) electrons. The number of rotatable bonds is 4. The Morgan fingerprint density at radius 2 is 1.92 bits per heavy atom. The average Bonchev–Trinajstić information content (AvgIpc) is 3.37. The van der Waals surface area contributed by atoms with Gasteiger partial charge in [-0.2, -0.15) is 10.2 Å². The van der Waals surface area contributed by atoms with E-state index in [2.05, 4.69) is 38.9 Å². The molecule has 0 atom stereocenters. The molecule has 4 aromatic rings. The first kappa shape index (κ1) is 16.2. The van der Waals surface area contributed by atoms with E-state index in [-0.39, 0.29) is 5.91 Å². The molecule has 0 unspecified atom stereocenters. The van der Waals surface area contributed by atoms with E-state index in [9.17, 15) is 4.79 Å². The Morgan fingerprint density at radius 1 is 1.08 bits per heavy atom. The molecule has 0 spiro atoms. The number of nitrogens with zero attached hydrogens (tertiary/aromatic N) is 2. The number of nitrogens with one attached hydrogen (secondary N) is 2. The Bertz CT molecular complexity index is 1100. The number of carbonyl (C=O) groups is 1. The number of fused-ring (bicyclic) bond motifs is 1. The molecule has 0 bridgehead atoms. The van der Waals surface area contributed by atoms with Crippen LogP contribution in [0.4, 0.5) is 0 Å². The van der Waals surface area contributed by atoms with Crippen LogP contribution in [0.25, 0.3) is 22.0 Å². The zero-order valence-electron chi connectivity index (χ0n) is 14.1. The molecule has 2 aromatic heterocycles. The molecule has 1 amide bonds. The van der Waals surface area contributed by atoms with E-state index in [1.807, 2.05) is 48.7 Å². The lowest BCUT2D eigenvalue weighted by molar-refractivity contribution is 0.0950. The van der Waals surface area contributed by atoms with E-state index in [0.717, 1.165) is 27.2 Å². The number of carbonyl (C=O) groups excluding carboxylic acids is 1. The molecule has 2 heterocycles. The van der Waals surface area contributed by atoms with Crippen LogP contribution < -0.4 is 5.43 Å². The van der Waals surface area contributed by atoms with Crippen LogP contribution >= 0.6 is 11.3 Å². The molecule has 2 aromatic carbocycles. The molecule has 0 aliphatic heterocycles. The summed E-state index contributed by atoms with van der Waals surface area (Å²) in [6.07, 6.45) is 0. The smallest absolute Gasteiger partial charge is 0.272 e. The van der Waals surface area contributed by atoms with Gasteiger partial charge in [-0.25, -0.2) is 5.43 Å². The highest BCUT2D eigenvalue weighted by molar-refractivity contribution is 7.12. The van der Waals surface area contributed by atoms with E-state index in [1.165, 1.54) is 5.39 Å². The standard InChI is InChI=1S/C20H16N4OS/c1-13(19-7-4-10-26-19)21-24-20(25)18-12-17(22-23-18)16-9-8-14-5-2-3-6-15(14)11-16/h2-12H,1H3,(H,22,23)(H,24,25)/b21-13+. The van der Waals surface area contributed by atoms with Gasteiger partial charge in [0.15, 0.2) is 0 Å². The van der Waals surface area contributed by atoms with Crippen molar-refractivity contribution in [2.45, 2.75) is 6.92 Å². The topological polar surface area (TPSA) is 70.1 Å². The van der Waals surface area contributed by atoms with Crippen LogP contribution in [0.3, 0.4) is 0 Å². The number of aromatic amines is 1. The lowest BCUT2D eigenvalue weighted by Gasteiger charge is -2.00. The maximum absolute atomic E-state index is 12.3. The second-order valence-corrected chi connectivity index (χ2v) is 6.79. The lowest BCUT2D eigenvalue weighted by Crippen LogP contribution is -2.19. The zero-order valence-corrected chi connectivity index (χ0v) is 14.9. The summed E-state index contributed by atoms with van der Waals surface area (Å²) in [7, 11) is 0. The maximum Gasteiger partial charge on any atom is 0.289 e. The molecule has 0 aliphatic rings. The summed E-state index contributed by atoms with van der Waals surface area (Å²) in [6.45, 7) is 1.86. The fraction of sp³-hybridized carbons (Fsp3) is 0.0500. The first-order valence-corrected chi connectivity index (χ1v) is 9.02. The minimum atomic E-state index is -0.319. The Morgan fingerprint density at radius 3 is 2.73 bits per heavy atom. The average molecular weight is 360 g/mol. The minimum Gasteiger partial charge on any atom is -0.272 e. The summed E-state index contributed by atoms with van der Waals surface area (Å²) >= 11 is 1.58. The molecule has 0 fully saturated rings. The van der Waals surface area contributed by atoms with Gasteiger partial charge >= 0.3 is 0 Å². The molecular weight excluding hydrogens is 344 g/mol. The largest absolute Gasteiger partial charge is 0.289 e. The molecule has 0 saturated carbocycles. The van der Waals surface area contributed by atoms with E-state index in [1.54, 1.807) is 17.4 Å². The van der Waals surface area contributed by atoms with Gasteiger partial charge in [-0.1, -0.05) is 42.5 Å². The van der Waals surface area contributed by atoms with Crippen molar-refractivity contribution in [2.75, 3.05) is 0 Å². The summed E-state index contributed by atoms with van der Waals surface area (Å²) in [4.78, 5) is 13.3. The fourth-order valence-electron chi connectivity index (χ4n) is 2.67. The van der Waals surface area contributed by atoms with Crippen molar-refractivity contribution in [2.24, 2.45) is 5.10 Å². The second-order valence-electron chi connectivity index (χ2n) is 5.84. The van der Waals surface area contributed by atoms with Crippen molar-refractivity contribution in [1.29, 1.82) is 0 Å². The zero-order chi connectivity index (χ0) is 17.9. The number of thiophene rings is 1. The SMILES string of the molecule is C/C(=N\NC(=O)c1cc(-c2ccc3ccccc3c2)n[nH]1)c1cccs1. The van der Waals surface area contributed by atoms with Gasteiger partial charge in [0, 0.05) is 10.4 Å². The normalized spacial score (nSPS) is 11.7. The highest BCUT2D eigenvalue weighted by atomic mass is 32.1. The van der Waals surface area contributed by atoms with Crippen LogP contribution in [0.15, 0.2) is 71.1 Å². The Kier molecular flexibility index (Phi) is 4.33. The van der Waals surface area contributed by atoms with Crippen LogP contribution in [0, 0.1) is 0 Å². The molecule has 0 saturated heterocycles. The van der Waals surface area contributed by atoms with Crippen LogP contribution in [0.2, 0.25) is 0 Å². The predicted molar refractivity (Wildman–Crippen MR) is 106 cm³/mol. The third kappa shape index (κ3) is 3.27. The van der Waals surface area contributed by atoms with Gasteiger partial charge < -0.3 is 0 Å². The molecule has 26 heavy (non-hydrogen) atoms. The van der Waals surface area contributed by atoms with Gasteiger partial charge in [-0.05, 0) is 41.3 Å². The summed E-state index contributed by atoms with van der Waals surface area (Å²) < 4.78 is 0. The molecule has 128 valence electrons. The molecule has 6 heteroatoms. The van der Waals surface area contributed by atoms with Crippen molar-refractivity contribution >= 4 is 33.7 Å². The predicted octanol–water partition coefficient (Wildman–Crippen LogP) is 4.45. The summed E-state index contributed by atoms with van der Waals surface area (Å²) in [5, 5.41) is 15.5. The van der Waals surface area contributed by atoms with E-state index < -0.39 is 0 Å². The minimum absolute atomic E-state index is 0.319. The van der Waals surface area contributed by atoms with Crippen LogP contribution in [-0.4, -0.2) is 21.8 Å². The highest BCUT2D eigenvalue weighted by Crippen LogP contribution is 2.23. The maximum atomic E-state index is 12.3. The molecule has 2 N–H and O–H groups in total. The highest BCUT2D eigenvalue weighted by Gasteiger charge is 2.11.